The zero-order valence-electron chi connectivity index (χ0n) is 12.9. The van der Waals surface area contributed by atoms with Gasteiger partial charge in [-0.25, -0.2) is 8.42 Å². The van der Waals surface area contributed by atoms with E-state index in [2.05, 4.69) is 21.2 Å². The van der Waals surface area contributed by atoms with Gasteiger partial charge in [-0.2, -0.15) is 4.31 Å². The second-order valence-corrected chi connectivity index (χ2v) is 8.80. The van der Waals surface area contributed by atoms with Gasteiger partial charge in [0.1, 0.15) is 10.7 Å². The highest BCUT2D eigenvalue weighted by Gasteiger charge is 2.35. The number of halogens is 1. The summed E-state index contributed by atoms with van der Waals surface area (Å²) < 4.78 is 32.7. The first-order valence-corrected chi connectivity index (χ1v) is 9.42. The van der Waals surface area contributed by atoms with Gasteiger partial charge in [-0.1, -0.05) is 6.92 Å². The van der Waals surface area contributed by atoms with Crippen LogP contribution in [0.15, 0.2) is 20.0 Å². The Morgan fingerprint density at radius 1 is 1.48 bits per heavy atom. The number of nitrogens with one attached hydrogen (secondary N) is 1. The molecule has 1 heterocycles. The Hall–Kier alpha value is -0.370. The topological polar surface area (TPSA) is 62.6 Å². The van der Waals surface area contributed by atoms with Gasteiger partial charge >= 0.3 is 0 Å². The quantitative estimate of drug-likeness (QED) is 0.791. The summed E-state index contributed by atoms with van der Waals surface area (Å²) in [5, 5.41) is 3.31. The lowest BCUT2D eigenvalue weighted by Gasteiger charge is -2.33. The molecular weight excluding hydrogens is 356 g/mol. The van der Waals surface area contributed by atoms with Gasteiger partial charge < -0.3 is 9.73 Å². The molecule has 1 aromatic heterocycles. The van der Waals surface area contributed by atoms with E-state index >= 15 is 0 Å². The van der Waals surface area contributed by atoms with Gasteiger partial charge in [0.2, 0.25) is 10.0 Å². The van der Waals surface area contributed by atoms with Crippen LogP contribution in [-0.2, 0) is 16.6 Å². The van der Waals surface area contributed by atoms with Gasteiger partial charge in [-0.05, 0) is 49.0 Å². The molecule has 0 unspecified atom stereocenters. The first-order chi connectivity index (χ1) is 9.68. The molecule has 21 heavy (non-hydrogen) atoms. The number of nitrogens with zero attached hydrogens (tertiary/aromatic N) is 1. The van der Waals surface area contributed by atoms with Gasteiger partial charge in [0.25, 0.3) is 0 Å². The second kappa shape index (κ2) is 6.02. The van der Waals surface area contributed by atoms with Crippen LogP contribution in [0.1, 0.15) is 45.8 Å². The van der Waals surface area contributed by atoms with Crippen LogP contribution in [0.2, 0.25) is 0 Å². The van der Waals surface area contributed by atoms with Crippen molar-refractivity contribution in [3.63, 3.8) is 0 Å². The summed E-state index contributed by atoms with van der Waals surface area (Å²) in [6.07, 6.45) is 3.09. The maximum Gasteiger partial charge on any atom is 0.247 e. The summed E-state index contributed by atoms with van der Waals surface area (Å²) in [4.78, 5) is 0.194. The minimum absolute atomic E-state index is 0.194. The highest BCUT2D eigenvalue weighted by atomic mass is 79.9. The van der Waals surface area contributed by atoms with Crippen molar-refractivity contribution in [3.8, 4) is 0 Å². The molecule has 2 rings (SSSR count). The molecule has 0 spiro atoms. The van der Waals surface area contributed by atoms with Crippen molar-refractivity contribution in [1.29, 1.82) is 0 Å². The summed E-state index contributed by atoms with van der Waals surface area (Å²) in [6.45, 7) is 6.35. The lowest BCUT2D eigenvalue weighted by Crippen LogP contribution is -2.44. The Balaban J connectivity index is 2.22. The van der Waals surface area contributed by atoms with Crippen LogP contribution in [-0.4, -0.2) is 31.4 Å². The third-order valence-electron chi connectivity index (χ3n) is 4.20. The molecule has 120 valence electrons. The first-order valence-electron chi connectivity index (χ1n) is 7.19. The zero-order valence-corrected chi connectivity index (χ0v) is 15.3. The van der Waals surface area contributed by atoms with Gasteiger partial charge in [0.05, 0.1) is 6.54 Å². The van der Waals surface area contributed by atoms with Gasteiger partial charge in [-0.3, -0.25) is 0 Å². The van der Waals surface area contributed by atoms with Crippen LogP contribution in [0.5, 0.6) is 0 Å². The minimum atomic E-state index is -3.58. The highest BCUT2D eigenvalue weighted by molar-refractivity contribution is 9.10. The molecule has 1 aromatic rings. The molecule has 0 bridgehead atoms. The Morgan fingerprint density at radius 2 is 2.10 bits per heavy atom. The summed E-state index contributed by atoms with van der Waals surface area (Å²) in [5.74, 6) is 0.634. The molecule has 0 aromatic carbocycles. The van der Waals surface area contributed by atoms with Crippen LogP contribution >= 0.6 is 15.9 Å². The molecule has 5 nitrogen and oxygen atoms in total. The maximum absolute atomic E-state index is 12.7. The molecule has 1 aliphatic rings. The van der Waals surface area contributed by atoms with Crippen molar-refractivity contribution in [1.82, 2.24) is 9.62 Å². The number of rotatable bonds is 7. The van der Waals surface area contributed by atoms with Gasteiger partial charge in [-0.15, -0.1) is 0 Å². The third-order valence-corrected chi connectivity index (χ3v) is 7.13. The standard InChI is InChI=1S/C14H23BrN2O3S/c1-5-14(2,3)17(4)21(18,19)12-8-11(20-13(12)15)9-16-10-6-7-10/h8,10,16H,5-7,9H2,1-4H3. The molecule has 0 aliphatic heterocycles. The Bertz CT molecular complexity index is 606. The monoisotopic (exact) mass is 378 g/mol. The molecule has 7 heteroatoms. The van der Waals surface area contributed by atoms with E-state index in [1.54, 1.807) is 13.1 Å². The van der Waals surface area contributed by atoms with E-state index in [9.17, 15) is 8.42 Å². The van der Waals surface area contributed by atoms with Crippen LogP contribution in [0.4, 0.5) is 0 Å². The van der Waals surface area contributed by atoms with Crippen molar-refractivity contribution in [3.05, 3.63) is 16.5 Å². The lowest BCUT2D eigenvalue weighted by atomic mass is 10.0. The van der Waals surface area contributed by atoms with E-state index in [0.717, 1.165) is 6.42 Å². The SMILES string of the molecule is CCC(C)(C)N(C)S(=O)(=O)c1cc(CNC2CC2)oc1Br. The summed E-state index contributed by atoms with van der Waals surface area (Å²) in [5.41, 5.74) is -0.442. The highest BCUT2D eigenvalue weighted by Crippen LogP contribution is 2.32. The molecule has 0 radical (unpaired) electrons. The van der Waals surface area contributed by atoms with Crippen LogP contribution in [0.3, 0.4) is 0 Å². The Morgan fingerprint density at radius 3 is 2.62 bits per heavy atom. The van der Waals surface area contributed by atoms with E-state index in [1.807, 2.05) is 20.8 Å². The molecule has 1 aliphatic carbocycles. The number of furan rings is 1. The zero-order chi connectivity index (χ0) is 15.8. The predicted octanol–water partition coefficient (Wildman–Crippen LogP) is 3.10. The van der Waals surface area contributed by atoms with Crippen LogP contribution in [0.25, 0.3) is 0 Å². The average molecular weight is 379 g/mol. The third kappa shape index (κ3) is 3.70. The molecule has 0 atom stereocenters. The molecule has 0 saturated heterocycles. The summed E-state index contributed by atoms with van der Waals surface area (Å²) in [6, 6.07) is 2.16. The minimum Gasteiger partial charge on any atom is -0.452 e. The van der Waals surface area contributed by atoms with Crippen molar-refractivity contribution in [2.75, 3.05) is 7.05 Å². The van der Waals surface area contributed by atoms with Crippen LogP contribution < -0.4 is 5.32 Å². The normalized spacial score (nSPS) is 16.7. The van der Waals surface area contributed by atoms with E-state index in [1.165, 1.54) is 17.1 Å². The molecule has 1 fully saturated rings. The van der Waals surface area contributed by atoms with E-state index in [4.69, 9.17) is 4.42 Å². The van der Waals surface area contributed by atoms with Crippen molar-refractivity contribution in [2.24, 2.45) is 0 Å². The van der Waals surface area contributed by atoms with Crippen molar-refractivity contribution in [2.45, 2.75) is 63.1 Å². The largest absolute Gasteiger partial charge is 0.452 e. The second-order valence-electron chi connectivity index (χ2n) is 6.14. The Labute approximate surface area is 135 Å². The lowest BCUT2D eigenvalue weighted by molar-refractivity contribution is 0.257. The predicted molar refractivity (Wildman–Crippen MR) is 85.6 cm³/mol. The number of hydrogen-bond acceptors (Lipinski definition) is 4. The van der Waals surface area contributed by atoms with Crippen molar-refractivity contribution >= 4 is 26.0 Å². The molecule has 0 amide bonds. The fourth-order valence-corrected chi connectivity index (χ4v) is 4.42. The Kier molecular flexibility index (Phi) is 4.87. The van der Waals surface area contributed by atoms with E-state index in [-0.39, 0.29) is 9.56 Å². The number of sulfonamides is 1. The fourth-order valence-electron chi connectivity index (χ4n) is 1.89. The molecule has 1 N–H and O–H groups in total. The van der Waals surface area contributed by atoms with Crippen LogP contribution in [0, 0.1) is 0 Å². The average Bonchev–Trinajstić information content (AvgIpc) is 3.17. The smallest absolute Gasteiger partial charge is 0.247 e. The molecular formula is C14H23BrN2O3S. The summed E-state index contributed by atoms with van der Waals surface area (Å²) in [7, 11) is -1.97. The fraction of sp³-hybridized carbons (Fsp3) is 0.714. The van der Waals surface area contributed by atoms with Gasteiger partial charge in [0, 0.05) is 24.7 Å². The van der Waals surface area contributed by atoms with Crippen molar-refractivity contribution < 1.29 is 12.8 Å². The number of hydrogen-bond donors (Lipinski definition) is 1. The first kappa shape index (κ1) is 17.0. The maximum atomic E-state index is 12.7. The van der Waals surface area contributed by atoms with E-state index in [0.29, 0.717) is 18.3 Å². The van der Waals surface area contributed by atoms with E-state index < -0.39 is 15.6 Å². The molecule has 1 saturated carbocycles. The summed E-state index contributed by atoms with van der Waals surface area (Å²) >= 11 is 3.23. The van der Waals surface area contributed by atoms with Gasteiger partial charge in [0.15, 0.2) is 4.67 Å².